The van der Waals surface area contributed by atoms with Crippen molar-refractivity contribution in [1.29, 1.82) is 0 Å². The van der Waals surface area contributed by atoms with Gasteiger partial charge in [0.15, 0.2) is 6.20 Å². The van der Waals surface area contributed by atoms with Gasteiger partial charge in [-0.2, -0.15) is 4.73 Å². The standard InChI is InChI=1S/C19H12ClN3O.2C2H6/c20-19-21-16(13-7-3-1-4-8-13)15-11-12-23(24)18(17(15)22-19)14-9-5-2-6-10-14;2*1-2/h1-12H;2*1-2H3. The predicted molar refractivity (Wildman–Crippen MR) is 117 cm³/mol. The highest BCUT2D eigenvalue weighted by atomic mass is 35.5. The molecule has 0 fully saturated rings. The van der Waals surface area contributed by atoms with Crippen molar-refractivity contribution >= 4 is 22.5 Å². The molecule has 0 spiro atoms. The van der Waals surface area contributed by atoms with Gasteiger partial charge < -0.3 is 5.21 Å². The summed E-state index contributed by atoms with van der Waals surface area (Å²) >= 11 is 6.15. The quantitative estimate of drug-likeness (QED) is 0.228. The molecule has 0 aliphatic carbocycles. The van der Waals surface area contributed by atoms with Gasteiger partial charge in [-0.25, -0.2) is 9.97 Å². The molecule has 0 amide bonds. The number of halogens is 1. The van der Waals surface area contributed by atoms with Crippen molar-refractivity contribution in [3.05, 3.63) is 83.4 Å². The lowest BCUT2D eigenvalue weighted by Crippen LogP contribution is -2.29. The molecule has 0 bridgehead atoms. The van der Waals surface area contributed by atoms with Crippen molar-refractivity contribution in [1.82, 2.24) is 9.97 Å². The summed E-state index contributed by atoms with van der Waals surface area (Å²) < 4.78 is 0.815. The molecule has 0 aliphatic heterocycles. The van der Waals surface area contributed by atoms with Crippen LogP contribution < -0.4 is 4.73 Å². The minimum absolute atomic E-state index is 0.115. The summed E-state index contributed by atoms with van der Waals surface area (Å²) in [5.41, 5.74) is 3.43. The number of benzene rings is 2. The molecule has 4 nitrogen and oxygen atoms in total. The molecule has 0 atom stereocenters. The Morgan fingerprint density at radius 2 is 1.29 bits per heavy atom. The van der Waals surface area contributed by atoms with Crippen LogP contribution in [0, 0.1) is 5.21 Å². The number of aromatic nitrogens is 3. The molecule has 0 radical (unpaired) electrons. The maximum absolute atomic E-state index is 12.4. The number of pyridine rings is 1. The Labute approximate surface area is 171 Å². The third-order valence-electron chi connectivity index (χ3n) is 3.83. The third kappa shape index (κ3) is 4.46. The summed E-state index contributed by atoms with van der Waals surface area (Å²) in [4.78, 5) is 8.71. The van der Waals surface area contributed by atoms with Crippen LogP contribution in [0.25, 0.3) is 33.4 Å². The van der Waals surface area contributed by atoms with E-state index in [9.17, 15) is 5.21 Å². The van der Waals surface area contributed by atoms with Crippen molar-refractivity contribution in [2.24, 2.45) is 0 Å². The molecular formula is C23H24ClN3O. The van der Waals surface area contributed by atoms with E-state index in [0.29, 0.717) is 16.9 Å². The zero-order valence-electron chi connectivity index (χ0n) is 16.6. The fourth-order valence-electron chi connectivity index (χ4n) is 2.78. The summed E-state index contributed by atoms with van der Waals surface area (Å²) in [6, 6.07) is 20.9. The third-order valence-corrected chi connectivity index (χ3v) is 4.00. The minimum atomic E-state index is 0.115. The van der Waals surface area contributed by atoms with E-state index < -0.39 is 0 Å². The number of fused-ring (bicyclic) bond motifs is 1. The Morgan fingerprint density at radius 1 is 0.750 bits per heavy atom. The van der Waals surface area contributed by atoms with E-state index in [1.54, 1.807) is 6.07 Å². The monoisotopic (exact) mass is 393 g/mol. The van der Waals surface area contributed by atoms with Gasteiger partial charge in [0.1, 0.15) is 5.52 Å². The van der Waals surface area contributed by atoms with Gasteiger partial charge in [-0.1, -0.05) is 76.2 Å². The second-order valence-corrected chi connectivity index (χ2v) is 5.66. The van der Waals surface area contributed by atoms with Gasteiger partial charge in [0.2, 0.25) is 11.0 Å². The van der Waals surface area contributed by atoms with Gasteiger partial charge in [0.05, 0.1) is 5.69 Å². The van der Waals surface area contributed by atoms with Crippen LogP contribution in [-0.2, 0) is 0 Å². The van der Waals surface area contributed by atoms with Crippen molar-refractivity contribution < 1.29 is 4.73 Å². The van der Waals surface area contributed by atoms with Crippen molar-refractivity contribution in [2.75, 3.05) is 0 Å². The first-order chi connectivity index (χ1) is 13.7. The molecule has 28 heavy (non-hydrogen) atoms. The second kappa shape index (κ2) is 10.4. The first kappa shape index (κ1) is 21.3. The second-order valence-electron chi connectivity index (χ2n) is 5.33. The molecule has 2 aromatic heterocycles. The Morgan fingerprint density at radius 3 is 1.86 bits per heavy atom. The highest BCUT2D eigenvalue weighted by Crippen LogP contribution is 2.31. The van der Waals surface area contributed by atoms with E-state index in [-0.39, 0.29) is 5.28 Å². The van der Waals surface area contributed by atoms with Gasteiger partial charge in [-0.3, -0.25) is 0 Å². The highest BCUT2D eigenvalue weighted by Gasteiger charge is 2.19. The molecule has 0 saturated carbocycles. The molecule has 4 rings (SSSR count). The molecule has 0 unspecified atom stereocenters. The topological polar surface area (TPSA) is 52.7 Å². The van der Waals surface area contributed by atoms with Crippen LogP contribution in [0.5, 0.6) is 0 Å². The molecule has 0 N–H and O–H groups in total. The zero-order valence-corrected chi connectivity index (χ0v) is 17.3. The molecule has 4 aromatic rings. The number of hydrogen-bond acceptors (Lipinski definition) is 3. The molecule has 5 heteroatoms. The van der Waals surface area contributed by atoms with Gasteiger partial charge in [-0.05, 0) is 23.7 Å². The molecule has 0 saturated heterocycles. The van der Waals surface area contributed by atoms with Crippen LogP contribution in [-0.4, -0.2) is 9.97 Å². The van der Waals surface area contributed by atoms with Crippen LogP contribution in [0.2, 0.25) is 5.28 Å². The Bertz CT molecular complexity index is 1020. The number of rotatable bonds is 2. The predicted octanol–water partition coefficient (Wildman–Crippen LogP) is 6.30. The molecular weight excluding hydrogens is 370 g/mol. The maximum atomic E-state index is 12.4. The highest BCUT2D eigenvalue weighted by molar-refractivity contribution is 6.29. The average Bonchev–Trinajstić information content (AvgIpc) is 2.77. The molecule has 144 valence electrons. The van der Waals surface area contributed by atoms with Crippen molar-refractivity contribution in [3.8, 4) is 22.5 Å². The van der Waals surface area contributed by atoms with Crippen molar-refractivity contribution in [2.45, 2.75) is 27.7 Å². The van der Waals surface area contributed by atoms with Gasteiger partial charge in [0.25, 0.3) is 0 Å². The van der Waals surface area contributed by atoms with Crippen LogP contribution in [0.4, 0.5) is 0 Å². The molecule has 0 aliphatic rings. The summed E-state index contributed by atoms with van der Waals surface area (Å²) in [5.74, 6) is 0. The first-order valence-electron chi connectivity index (χ1n) is 9.44. The summed E-state index contributed by atoms with van der Waals surface area (Å²) in [7, 11) is 0. The normalized spacial score (nSPS) is 9.75. The lowest BCUT2D eigenvalue weighted by molar-refractivity contribution is -0.592. The smallest absolute Gasteiger partial charge is 0.250 e. The Kier molecular flexibility index (Phi) is 7.90. The van der Waals surface area contributed by atoms with Gasteiger partial charge >= 0.3 is 0 Å². The van der Waals surface area contributed by atoms with E-state index in [1.165, 1.54) is 6.20 Å². The number of hydrogen-bond donors (Lipinski definition) is 0. The fourth-order valence-corrected chi connectivity index (χ4v) is 2.95. The van der Waals surface area contributed by atoms with E-state index in [4.69, 9.17) is 11.6 Å². The van der Waals surface area contributed by atoms with Crippen LogP contribution in [0.3, 0.4) is 0 Å². The van der Waals surface area contributed by atoms with E-state index in [0.717, 1.165) is 21.2 Å². The summed E-state index contributed by atoms with van der Waals surface area (Å²) in [5, 5.41) is 13.3. The van der Waals surface area contributed by atoms with Gasteiger partial charge in [0, 0.05) is 22.6 Å². The largest absolute Gasteiger partial charge is 0.618 e. The number of nitrogens with zero attached hydrogens (tertiary/aromatic N) is 3. The van der Waals surface area contributed by atoms with E-state index in [2.05, 4.69) is 9.97 Å². The lowest BCUT2D eigenvalue weighted by atomic mass is 10.0. The molecule has 2 aromatic carbocycles. The SMILES string of the molecule is CC.CC.[O-][n+]1ccc2c(-c3ccccc3)nc(Cl)nc2c1-c1ccccc1. The van der Waals surface area contributed by atoms with Crippen LogP contribution in [0.1, 0.15) is 27.7 Å². The molecule has 2 heterocycles. The Hall–Kier alpha value is -2.98. The summed E-state index contributed by atoms with van der Waals surface area (Å²) in [6.07, 6.45) is 1.48. The van der Waals surface area contributed by atoms with E-state index >= 15 is 0 Å². The van der Waals surface area contributed by atoms with Crippen LogP contribution >= 0.6 is 11.6 Å². The first-order valence-corrected chi connectivity index (χ1v) is 9.82. The Balaban J connectivity index is 0.000000660. The maximum Gasteiger partial charge on any atom is 0.250 e. The average molecular weight is 394 g/mol. The van der Waals surface area contributed by atoms with Crippen LogP contribution in [0.15, 0.2) is 72.9 Å². The minimum Gasteiger partial charge on any atom is -0.618 e. The zero-order chi connectivity index (χ0) is 20.5. The van der Waals surface area contributed by atoms with E-state index in [1.807, 2.05) is 88.4 Å². The fraction of sp³-hybridized carbons (Fsp3) is 0.174. The lowest BCUT2D eigenvalue weighted by Gasteiger charge is -2.10. The summed E-state index contributed by atoms with van der Waals surface area (Å²) in [6.45, 7) is 8.00. The van der Waals surface area contributed by atoms with Crippen molar-refractivity contribution in [3.63, 3.8) is 0 Å². The van der Waals surface area contributed by atoms with Gasteiger partial charge in [-0.15, -0.1) is 0 Å².